The third kappa shape index (κ3) is 1.95. The maximum Gasteiger partial charge on any atom is 0.144 e. The number of carbonyl (C=O) groups is 1. The molecule has 1 aromatic rings. The number of aldehydes is 1. The highest BCUT2D eigenvalue weighted by atomic mass is 16.1. The monoisotopic (exact) mass is 161 g/mol. The van der Waals surface area contributed by atoms with E-state index in [4.69, 9.17) is 0 Å². The predicted molar refractivity (Wildman–Crippen MR) is 49.5 cm³/mol. The molecule has 1 rings (SSSR count). The molecular formula is C10H11NO. The molecular weight excluding hydrogens is 150 g/mol. The van der Waals surface area contributed by atoms with Crippen LogP contribution in [0, 0.1) is 0 Å². The number of carbonyl (C=O) groups excluding carboxylic acids is 1. The fourth-order valence-corrected chi connectivity index (χ4v) is 1.01. The van der Waals surface area contributed by atoms with Gasteiger partial charge < -0.3 is 5.32 Å². The second kappa shape index (κ2) is 4.34. The summed E-state index contributed by atoms with van der Waals surface area (Å²) >= 11 is 0. The fraction of sp³-hybridized carbons (Fsp3) is 0.100. The van der Waals surface area contributed by atoms with Crippen LogP contribution in [0.3, 0.4) is 0 Å². The van der Waals surface area contributed by atoms with Gasteiger partial charge in [-0.05, 0) is 5.56 Å². The molecule has 0 radical (unpaired) electrons. The van der Waals surface area contributed by atoms with Gasteiger partial charge in [0.25, 0.3) is 0 Å². The van der Waals surface area contributed by atoms with E-state index >= 15 is 0 Å². The molecule has 2 heteroatoms. The molecule has 62 valence electrons. The molecule has 0 bridgehead atoms. The molecule has 0 heterocycles. The van der Waals surface area contributed by atoms with Crippen molar-refractivity contribution in [2.24, 2.45) is 0 Å². The van der Waals surface area contributed by atoms with Gasteiger partial charge in [-0.25, -0.2) is 0 Å². The van der Waals surface area contributed by atoms with Gasteiger partial charge in [0.05, 0.1) is 0 Å². The summed E-state index contributed by atoms with van der Waals surface area (Å²) in [5.41, 5.74) is 1.86. The minimum atomic E-state index is 0.777. The van der Waals surface area contributed by atoms with Crippen molar-refractivity contribution >= 4 is 12.0 Å². The topological polar surface area (TPSA) is 29.1 Å². The number of benzene rings is 1. The molecule has 0 aromatic heterocycles. The fourth-order valence-electron chi connectivity index (χ4n) is 1.01. The maximum absolute atomic E-state index is 10.2. The van der Waals surface area contributed by atoms with Crippen LogP contribution in [0.5, 0.6) is 0 Å². The summed E-state index contributed by atoms with van der Waals surface area (Å²) in [6.07, 6.45) is 2.29. The maximum atomic E-state index is 10.2. The lowest BCUT2D eigenvalue weighted by atomic mass is 10.1. The van der Waals surface area contributed by atoms with E-state index in [1.807, 2.05) is 30.3 Å². The van der Waals surface area contributed by atoms with E-state index in [2.05, 4.69) is 5.32 Å². The molecule has 0 amide bonds. The molecule has 0 fully saturated rings. The third-order valence-corrected chi connectivity index (χ3v) is 1.59. The number of hydrogen-bond donors (Lipinski definition) is 1. The molecule has 0 atom stereocenters. The van der Waals surface area contributed by atoms with E-state index in [9.17, 15) is 4.79 Å². The summed E-state index contributed by atoms with van der Waals surface area (Å²) in [6, 6.07) is 9.71. The van der Waals surface area contributed by atoms with Crippen molar-refractivity contribution in [2.45, 2.75) is 0 Å². The van der Waals surface area contributed by atoms with Crippen molar-refractivity contribution in [3.05, 3.63) is 42.0 Å². The van der Waals surface area contributed by atoms with Crippen LogP contribution in [0.4, 0.5) is 0 Å². The largest absolute Gasteiger partial charge is 0.388 e. The zero-order valence-electron chi connectivity index (χ0n) is 6.95. The van der Waals surface area contributed by atoms with E-state index < -0.39 is 0 Å². The number of hydrogen-bond acceptors (Lipinski definition) is 2. The van der Waals surface area contributed by atoms with Gasteiger partial charge >= 0.3 is 0 Å². The molecule has 0 aliphatic rings. The number of rotatable bonds is 3. The van der Waals surface area contributed by atoms with Crippen LogP contribution in [0.1, 0.15) is 5.56 Å². The van der Waals surface area contributed by atoms with Crippen LogP contribution < -0.4 is 5.32 Å². The van der Waals surface area contributed by atoms with Crippen molar-refractivity contribution in [2.75, 3.05) is 7.05 Å². The summed E-state index contributed by atoms with van der Waals surface area (Å²) in [6.45, 7) is 0. The van der Waals surface area contributed by atoms with Crippen LogP contribution in [0.25, 0.3) is 5.70 Å². The first-order chi connectivity index (χ1) is 5.88. The van der Waals surface area contributed by atoms with Gasteiger partial charge in [-0.1, -0.05) is 30.3 Å². The van der Waals surface area contributed by atoms with Crippen LogP contribution in [0.2, 0.25) is 0 Å². The van der Waals surface area contributed by atoms with Gasteiger partial charge in [0.1, 0.15) is 6.29 Å². The van der Waals surface area contributed by atoms with E-state index in [0.29, 0.717) is 0 Å². The lowest BCUT2D eigenvalue weighted by molar-refractivity contribution is -0.104. The number of nitrogens with one attached hydrogen (secondary N) is 1. The van der Waals surface area contributed by atoms with E-state index in [-0.39, 0.29) is 0 Å². The van der Waals surface area contributed by atoms with E-state index in [1.54, 1.807) is 7.05 Å². The molecule has 2 nitrogen and oxygen atoms in total. The normalized spacial score (nSPS) is 10.9. The summed E-state index contributed by atoms with van der Waals surface area (Å²) in [5.74, 6) is 0. The van der Waals surface area contributed by atoms with Gasteiger partial charge in [0, 0.05) is 18.8 Å². The van der Waals surface area contributed by atoms with Crippen molar-refractivity contribution < 1.29 is 4.79 Å². The molecule has 1 aromatic carbocycles. The summed E-state index contributed by atoms with van der Waals surface area (Å²) < 4.78 is 0. The first kappa shape index (κ1) is 8.53. The smallest absolute Gasteiger partial charge is 0.144 e. The summed E-state index contributed by atoms with van der Waals surface area (Å²) in [5, 5.41) is 2.95. The van der Waals surface area contributed by atoms with Gasteiger partial charge in [0.2, 0.25) is 0 Å². The molecule has 0 spiro atoms. The van der Waals surface area contributed by atoms with Gasteiger partial charge in [-0.15, -0.1) is 0 Å². The zero-order chi connectivity index (χ0) is 8.81. The Morgan fingerprint density at radius 3 is 2.50 bits per heavy atom. The van der Waals surface area contributed by atoms with Crippen molar-refractivity contribution in [1.29, 1.82) is 0 Å². The van der Waals surface area contributed by atoms with Crippen LogP contribution in [-0.4, -0.2) is 13.3 Å². The standard InChI is InChI=1S/C10H11NO/c1-11-10(7-8-12)9-5-3-2-4-6-9/h2-8,11H,1H3/b10-7+. The highest BCUT2D eigenvalue weighted by Crippen LogP contribution is 2.08. The van der Waals surface area contributed by atoms with Gasteiger partial charge in [-0.3, -0.25) is 4.79 Å². The molecule has 12 heavy (non-hydrogen) atoms. The quantitative estimate of drug-likeness (QED) is 0.537. The number of allylic oxidation sites excluding steroid dienone is 1. The Hall–Kier alpha value is -1.57. The summed E-state index contributed by atoms with van der Waals surface area (Å²) in [7, 11) is 1.79. The average Bonchev–Trinajstić information content (AvgIpc) is 2.15. The Morgan fingerprint density at radius 2 is 2.00 bits per heavy atom. The molecule has 0 saturated carbocycles. The Labute approximate surface area is 71.9 Å². The Bertz CT molecular complexity index is 277. The average molecular weight is 161 g/mol. The highest BCUT2D eigenvalue weighted by Gasteiger charge is 1.94. The molecule has 1 N–H and O–H groups in total. The SMILES string of the molecule is CN/C(=C/C=O)c1ccccc1. The Kier molecular flexibility index (Phi) is 3.08. The highest BCUT2D eigenvalue weighted by molar-refractivity contribution is 5.80. The van der Waals surface area contributed by atoms with Crippen LogP contribution >= 0.6 is 0 Å². The van der Waals surface area contributed by atoms with Crippen LogP contribution in [-0.2, 0) is 4.79 Å². The first-order valence-corrected chi connectivity index (χ1v) is 3.77. The van der Waals surface area contributed by atoms with Crippen molar-refractivity contribution in [3.8, 4) is 0 Å². The molecule has 0 aliphatic carbocycles. The van der Waals surface area contributed by atoms with Crippen LogP contribution in [0.15, 0.2) is 36.4 Å². The zero-order valence-corrected chi connectivity index (χ0v) is 6.95. The van der Waals surface area contributed by atoms with Gasteiger partial charge in [0.15, 0.2) is 0 Å². The van der Waals surface area contributed by atoms with Crippen molar-refractivity contribution in [3.63, 3.8) is 0 Å². The minimum absolute atomic E-state index is 0.777. The summed E-state index contributed by atoms with van der Waals surface area (Å²) in [4.78, 5) is 10.2. The van der Waals surface area contributed by atoms with Crippen molar-refractivity contribution in [1.82, 2.24) is 5.32 Å². The second-order valence-corrected chi connectivity index (χ2v) is 2.33. The predicted octanol–water partition coefficient (Wildman–Crippen LogP) is 1.45. The lowest BCUT2D eigenvalue weighted by Gasteiger charge is -2.04. The molecule has 0 aliphatic heterocycles. The Morgan fingerprint density at radius 1 is 1.33 bits per heavy atom. The molecule has 0 unspecified atom stereocenters. The molecule has 0 saturated heterocycles. The Balaban J connectivity index is 2.95. The minimum Gasteiger partial charge on any atom is -0.388 e. The van der Waals surface area contributed by atoms with E-state index in [0.717, 1.165) is 17.5 Å². The van der Waals surface area contributed by atoms with Gasteiger partial charge in [-0.2, -0.15) is 0 Å². The first-order valence-electron chi connectivity index (χ1n) is 3.77. The second-order valence-electron chi connectivity index (χ2n) is 2.33. The lowest BCUT2D eigenvalue weighted by Crippen LogP contribution is -2.04. The van der Waals surface area contributed by atoms with E-state index in [1.165, 1.54) is 6.08 Å². The third-order valence-electron chi connectivity index (χ3n) is 1.59.